The first kappa shape index (κ1) is 21.6. The predicted octanol–water partition coefficient (Wildman–Crippen LogP) is 3.19. The number of benzene rings is 1. The van der Waals surface area contributed by atoms with E-state index in [1.807, 2.05) is 13.0 Å². The summed E-state index contributed by atoms with van der Waals surface area (Å²) in [6, 6.07) is 8.67. The summed E-state index contributed by atoms with van der Waals surface area (Å²) in [6.45, 7) is 3.17. The number of nitrogens with zero attached hydrogens (tertiary/aromatic N) is 4. The van der Waals surface area contributed by atoms with Gasteiger partial charge in [0.1, 0.15) is 23.5 Å². The van der Waals surface area contributed by atoms with Crippen LogP contribution in [0.15, 0.2) is 30.3 Å². The van der Waals surface area contributed by atoms with Crippen molar-refractivity contribution < 1.29 is 23.1 Å². The lowest BCUT2D eigenvalue weighted by molar-refractivity contribution is -0.137. The molecule has 1 amide bonds. The maximum Gasteiger partial charge on any atom is 0.417 e. The largest absolute Gasteiger partial charge is 0.417 e. The molecule has 0 aliphatic carbocycles. The Morgan fingerprint density at radius 2 is 2.03 bits per heavy atom. The van der Waals surface area contributed by atoms with E-state index in [1.54, 1.807) is 31.3 Å². The fourth-order valence-corrected chi connectivity index (χ4v) is 3.67. The predicted molar refractivity (Wildman–Crippen MR) is 105 cm³/mol. The molecular weight excluding hydrogens is 397 g/mol. The smallest absolute Gasteiger partial charge is 0.391 e. The minimum absolute atomic E-state index is 0.0246. The molecule has 0 radical (unpaired) electrons. The Labute approximate surface area is 172 Å². The maximum atomic E-state index is 13.5. The molecule has 158 valence electrons. The number of hydrogen-bond acceptors (Lipinski definition) is 5. The van der Waals surface area contributed by atoms with E-state index >= 15 is 0 Å². The van der Waals surface area contributed by atoms with Crippen molar-refractivity contribution in [3.63, 3.8) is 0 Å². The summed E-state index contributed by atoms with van der Waals surface area (Å²) >= 11 is 0. The van der Waals surface area contributed by atoms with Crippen LogP contribution in [0.3, 0.4) is 0 Å². The van der Waals surface area contributed by atoms with Crippen molar-refractivity contribution in [2.75, 3.05) is 23.4 Å². The molecule has 1 saturated heterocycles. The van der Waals surface area contributed by atoms with E-state index in [1.165, 1.54) is 16.7 Å². The number of nitriles is 1. The van der Waals surface area contributed by atoms with Crippen LogP contribution in [0.4, 0.5) is 24.7 Å². The van der Waals surface area contributed by atoms with Crippen LogP contribution in [0.5, 0.6) is 0 Å². The SMILES string of the molecule is Cc1cccc(N(C)C(=O)[C@@H]2C[C@@H](O)CN2c2nc(C)cc(C(F)(F)F)c2C#N)c1. The van der Waals surface area contributed by atoms with Gasteiger partial charge in [-0.15, -0.1) is 0 Å². The number of carbonyl (C=O) groups is 1. The van der Waals surface area contributed by atoms with Crippen molar-refractivity contribution in [1.82, 2.24) is 4.98 Å². The van der Waals surface area contributed by atoms with Crippen LogP contribution in [-0.4, -0.2) is 41.7 Å². The number of anilines is 2. The maximum absolute atomic E-state index is 13.5. The van der Waals surface area contributed by atoms with Gasteiger partial charge in [-0.1, -0.05) is 12.1 Å². The molecule has 1 aliphatic heterocycles. The van der Waals surface area contributed by atoms with Gasteiger partial charge in [-0.3, -0.25) is 4.79 Å². The summed E-state index contributed by atoms with van der Waals surface area (Å²) in [5.74, 6) is -0.643. The van der Waals surface area contributed by atoms with E-state index in [9.17, 15) is 28.3 Å². The monoisotopic (exact) mass is 418 g/mol. The third kappa shape index (κ3) is 4.09. The number of pyridine rings is 1. The molecular formula is C21H21F3N4O2. The third-order valence-electron chi connectivity index (χ3n) is 5.10. The molecule has 30 heavy (non-hydrogen) atoms. The third-order valence-corrected chi connectivity index (χ3v) is 5.10. The molecule has 1 aromatic carbocycles. The normalized spacial score (nSPS) is 18.9. The van der Waals surface area contributed by atoms with E-state index < -0.39 is 35.4 Å². The van der Waals surface area contributed by atoms with E-state index in [0.717, 1.165) is 11.6 Å². The number of likely N-dealkylation sites (N-methyl/N-ethyl adjacent to an activating group) is 1. The molecule has 9 heteroatoms. The molecule has 2 aromatic rings. The van der Waals surface area contributed by atoms with Crippen LogP contribution in [0, 0.1) is 25.2 Å². The van der Waals surface area contributed by atoms with Crippen molar-refractivity contribution >= 4 is 17.4 Å². The van der Waals surface area contributed by atoms with Crippen molar-refractivity contribution in [2.45, 2.75) is 38.6 Å². The Bertz CT molecular complexity index is 1020. The zero-order chi connectivity index (χ0) is 22.2. The van der Waals surface area contributed by atoms with Crippen LogP contribution in [-0.2, 0) is 11.0 Å². The highest BCUT2D eigenvalue weighted by Crippen LogP contribution is 2.38. The van der Waals surface area contributed by atoms with Gasteiger partial charge in [-0.05, 0) is 37.6 Å². The fourth-order valence-electron chi connectivity index (χ4n) is 3.67. The van der Waals surface area contributed by atoms with Gasteiger partial charge in [0.05, 0.1) is 11.7 Å². The van der Waals surface area contributed by atoms with Gasteiger partial charge in [0.25, 0.3) is 0 Å². The number of halogens is 3. The van der Waals surface area contributed by atoms with Crippen LogP contribution in [0.2, 0.25) is 0 Å². The average molecular weight is 418 g/mol. The van der Waals surface area contributed by atoms with Gasteiger partial charge in [0.15, 0.2) is 0 Å². The van der Waals surface area contributed by atoms with Crippen molar-refractivity contribution in [2.24, 2.45) is 0 Å². The molecule has 3 rings (SSSR count). The Kier molecular flexibility index (Phi) is 5.72. The summed E-state index contributed by atoms with van der Waals surface area (Å²) in [7, 11) is 1.57. The number of aliphatic hydroxyl groups excluding tert-OH is 1. The van der Waals surface area contributed by atoms with Crippen molar-refractivity contribution in [1.29, 1.82) is 5.26 Å². The lowest BCUT2D eigenvalue weighted by atomic mass is 10.1. The lowest BCUT2D eigenvalue weighted by Gasteiger charge is -2.30. The Balaban J connectivity index is 2.04. The molecule has 1 N–H and O–H groups in total. The summed E-state index contributed by atoms with van der Waals surface area (Å²) in [4.78, 5) is 20.0. The molecule has 2 heterocycles. The first-order valence-electron chi connectivity index (χ1n) is 9.30. The quantitative estimate of drug-likeness (QED) is 0.828. The van der Waals surface area contributed by atoms with E-state index in [2.05, 4.69) is 4.98 Å². The van der Waals surface area contributed by atoms with E-state index in [0.29, 0.717) is 5.69 Å². The zero-order valence-electron chi connectivity index (χ0n) is 16.7. The van der Waals surface area contributed by atoms with Crippen molar-refractivity contribution in [3.05, 3.63) is 52.7 Å². The second-order valence-corrected chi connectivity index (χ2v) is 7.41. The number of β-amino-alcohol motifs (C(OH)–C–C–N with tert-alkyl or cyclic N) is 1. The summed E-state index contributed by atoms with van der Waals surface area (Å²) in [5, 5.41) is 19.6. The first-order valence-corrected chi connectivity index (χ1v) is 9.30. The van der Waals surface area contributed by atoms with Crippen LogP contribution in [0.1, 0.15) is 28.8 Å². The number of amides is 1. The van der Waals surface area contributed by atoms with Gasteiger partial charge < -0.3 is 14.9 Å². The van der Waals surface area contributed by atoms with Crippen LogP contribution in [0.25, 0.3) is 0 Å². The minimum Gasteiger partial charge on any atom is -0.391 e. The molecule has 1 fully saturated rings. The topological polar surface area (TPSA) is 80.5 Å². The summed E-state index contributed by atoms with van der Waals surface area (Å²) in [5.41, 5.74) is -0.131. The van der Waals surface area contributed by atoms with Gasteiger partial charge >= 0.3 is 6.18 Å². The number of rotatable bonds is 3. The molecule has 0 saturated carbocycles. The zero-order valence-corrected chi connectivity index (χ0v) is 16.7. The highest BCUT2D eigenvalue weighted by Gasteiger charge is 2.42. The highest BCUT2D eigenvalue weighted by atomic mass is 19.4. The molecule has 0 spiro atoms. The fraction of sp³-hybridized carbons (Fsp3) is 0.381. The van der Waals surface area contributed by atoms with Gasteiger partial charge in [-0.25, -0.2) is 4.98 Å². The standard InChI is InChI=1S/C21H21F3N4O2/c1-12-5-4-6-14(7-12)27(3)20(30)18-9-15(29)11-28(18)19-16(10-25)17(21(22,23)24)8-13(2)26-19/h4-8,15,18,29H,9,11H2,1-3H3/t15-,18+/m1/s1. The molecule has 2 atom stereocenters. The number of carbonyl (C=O) groups excluding carboxylic acids is 1. The molecule has 1 aliphatic rings. The van der Waals surface area contributed by atoms with Crippen LogP contribution < -0.4 is 9.80 Å². The number of aromatic nitrogens is 1. The highest BCUT2D eigenvalue weighted by molar-refractivity contribution is 5.99. The van der Waals surface area contributed by atoms with Gasteiger partial charge in [0.2, 0.25) is 5.91 Å². The van der Waals surface area contributed by atoms with Gasteiger partial charge in [-0.2, -0.15) is 18.4 Å². The molecule has 0 bridgehead atoms. The van der Waals surface area contributed by atoms with E-state index in [-0.39, 0.29) is 24.5 Å². The second kappa shape index (κ2) is 7.95. The summed E-state index contributed by atoms with van der Waals surface area (Å²) < 4.78 is 40.4. The van der Waals surface area contributed by atoms with Crippen molar-refractivity contribution in [3.8, 4) is 6.07 Å². The van der Waals surface area contributed by atoms with Gasteiger partial charge in [0, 0.05) is 31.4 Å². The van der Waals surface area contributed by atoms with Crippen LogP contribution >= 0.6 is 0 Å². The Morgan fingerprint density at radius 3 is 2.63 bits per heavy atom. The number of alkyl halides is 3. The number of hydrogen-bond donors (Lipinski definition) is 1. The molecule has 6 nitrogen and oxygen atoms in total. The molecule has 0 unspecified atom stereocenters. The lowest BCUT2D eigenvalue weighted by Crippen LogP contribution is -2.45. The summed E-state index contributed by atoms with van der Waals surface area (Å²) in [6.07, 6.45) is -5.66. The van der Waals surface area contributed by atoms with E-state index in [4.69, 9.17) is 0 Å². The number of aryl methyl sites for hydroxylation is 2. The number of aliphatic hydroxyl groups is 1. The minimum atomic E-state index is -4.75. The second-order valence-electron chi connectivity index (χ2n) is 7.41. The Hall–Kier alpha value is -3.12. The Morgan fingerprint density at radius 1 is 1.33 bits per heavy atom. The first-order chi connectivity index (χ1) is 14.0. The molecule has 1 aromatic heterocycles. The average Bonchev–Trinajstić information content (AvgIpc) is 3.07.